The quantitative estimate of drug-likeness (QED) is 0.142. The van der Waals surface area contributed by atoms with Gasteiger partial charge in [-0.15, -0.1) is 53.6 Å². The second kappa shape index (κ2) is 20.1. The maximum absolute atomic E-state index is 9.63. The van der Waals surface area contributed by atoms with E-state index in [1.807, 2.05) is 54.6 Å². The van der Waals surface area contributed by atoms with Crippen LogP contribution < -0.4 is 0 Å². The molecule has 1 radical (unpaired) electrons. The van der Waals surface area contributed by atoms with Gasteiger partial charge in [-0.25, -0.2) is 0 Å². The van der Waals surface area contributed by atoms with Crippen LogP contribution in [-0.4, -0.2) is 14.5 Å². The minimum absolute atomic E-state index is 0. The van der Waals surface area contributed by atoms with E-state index in [0.717, 1.165) is 92.4 Å². The van der Waals surface area contributed by atoms with Gasteiger partial charge in [0.2, 0.25) is 0 Å². The molecule has 7 aromatic carbocycles. The number of para-hydroxylation sites is 2. The van der Waals surface area contributed by atoms with Gasteiger partial charge in [0.25, 0.3) is 0 Å². The summed E-state index contributed by atoms with van der Waals surface area (Å²) in [5, 5.41) is 1.96. The monoisotopic (exact) mass is 1080 g/mol. The third kappa shape index (κ3) is 9.27. The average molecular weight is 1080 g/mol. The first kappa shape index (κ1) is 35.7. The summed E-state index contributed by atoms with van der Waals surface area (Å²) in [5.41, 5.74) is 14.1. The molecule has 68 heavy (non-hydrogen) atoms. The van der Waals surface area contributed by atoms with Crippen LogP contribution in [0.5, 0.6) is 0 Å². The molecule has 3 heterocycles. The van der Waals surface area contributed by atoms with Gasteiger partial charge in [0.05, 0.1) is 22.4 Å². The molecule has 11 rings (SSSR count). The van der Waals surface area contributed by atoms with Crippen molar-refractivity contribution in [1.29, 1.82) is 0 Å². The summed E-state index contributed by atoms with van der Waals surface area (Å²) in [7, 11) is 0. The molecule has 0 atom stereocenters. The summed E-state index contributed by atoms with van der Waals surface area (Å²) in [4.78, 5) is 9.40. The van der Waals surface area contributed by atoms with E-state index in [4.69, 9.17) is 21.7 Å². The summed E-state index contributed by atoms with van der Waals surface area (Å²) >= 11 is 0. The minimum Gasteiger partial charge on any atom is -0.501 e. The fraction of sp³-hybridized carbons (Fsp3) is 0.238. The molecule has 0 N–H and O–H groups in total. The molecular formula is C63H59IrN3O-2. The van der Waals surface area contributed by atoms with Crippen LogP contribution in [0.15, 0.2) is 156 Å². The summed E-state index contributed by atoms with van der Waals surface area (Å²) in [6.07, 6.45) is 6.49. The maximum atomic E-state index is 9.63. The number of benzene rings is 7. The van der Waals surface area contributed by atoms with E-state index in [2.05, 4.69) is 104 Å². The number of furan rings is 1. The Morgan fingerprint density at radius 1 is 0.691 bits per heavy atom. The molecule has 0 saturated heterocycles. The van der Waals surface area contributed by atoms with Crippen molar-refractivity contribution in [3.8, 4) is 50.6 Å². The maximum Gasteiger partial charge on any atom is 0.121 e. The van der Waals surface area contributed by atoms with Crippen LogP contribution in [0.2, 0.25) is 0 Å². The number of aromatic nitrogens is 3. The first-order chi connectivity index (χ1) is 36.6. The number of rotatable bonds is 8. The predicted molar refractivity (Wildman–Crippen MR) is 280 cm³/mol. The number of imidazole rings is 1. The number of hydrogen-bond donors (Lipinski definition) is 0. The van der Waals surface area contributed by atoms with Crippen molar-refractivity contribution in [2.45, 2.75) is 98.1 Å². The van der Waals surface area contributed by atoms with Gasteiger partial charge in [-0.2, -0.15) is 0 Å². The topological polar surface area (TPSA) is 43.9 Å². The first-order valence-corrected chi connectivity index (χ1v) is 23.3. The second-order valence-corrected chi connectivity index (χ2v) is 18.2. The van der Waals surface area contributed by atoms with Crippen molar-refractivity contribution in [1.82, 2.24) is 14.5 Å². The molecule has 0 spiro atoms. The molecule has 1 saturated carbocycles. The van der Waals surface area contributed by atoms with Crippen LogP contribution in [0, 0.1) is 32.7 Å². The molecule has 10 aromatic rings. The Labute approximate surface area is 429 Å². The van der Waals surface area contributed by atoms with E-state index in [1.165, 1.54) is 41.9 Å². The Balaban J connectivity index is 0.000000297. The Morgan fingerprint density at radius 2 is 1.43 bits per heavy atom. The number of aryl methyl sites for hydroxylation is 3. The van der Waals surface area contributed by atoms with Gasteiger partial charge in [0.1, 0.15) is 5.58 Å². The fourth-order valence-corrected chi connectivity index (χ4v) is 9.51. The third-order valence-electron chi connectivity index (χ3n) is 13.0. The van der Waals surface area contributed by atoms with E-state index in [0.29, 0.717) is 28.0 Å². The largest absolute Gasteiger partial charge is 0.501 e. The Bertz CT molecular complexity index is 3670. The van der Waals surface area contributed by atoms with Gasteiger partial charge in [0.15, 0.2) is 0 Å². The zero-order valence-corrected chi connectivity index (χ0v) is 41.1. The molecular weight excluding hydrogens is 1010 g/mol. The van der Waals surface area contributed by atoms with Crippen molar-refractivity contribution in [3.63, 3.8) is 0 Å². The van der Waals surface area contributed by atoms with Crippen LogP contribution >= 0.6 is 0 Å². The van der Waals surface area contributed by atoms with E-state index in [-0.39, 0.29) is 43.1 Å². The number of nitrogens with zero attached hydrogens (tertiary/aromatic N) is 3. The Kier molecular flexibility index (Phi) is 10.5. The van der Waals surface area contributed by atoms with Crippen LogP contribution in [-0.2, 0) is 20.1 Å². The van der Waals surface area contributed by atoms with Crippen molar-refractivity contribution in [3.05, 3.63) is 197 Å². The van der Waals surface area contributed by atoms with Crippen molar-refractivity contribution in [2.75, 3.05) is 0 Å². The summed E-state index contributed by atoms with van der Waals surface area (Å²) < 4.78 is 87.1. The minimum atomic E-state index is -2.25. The molecule has 0 bridgehead atoms. The molecule has 3 aromatic heterocycles. The molecule has 1 aliphatic carbocycles. The zero-order chi connectivity index (χ0) is 54.6. The normalized spacial score (nSPS) is 16.2. The van der Waals surface area contributed by atoms with Crippen molar-refractivity contribution < 1.29 is 38.2 Å². The van der Waals surface area contributed by atoms with E-state index in [1.54, 1.807) is 18.2 Å². The average Bonchev–Trinajstić information content (AvgIpc) is 4.09. The van der Waals surface area contributed by atoms with E-state index >= 15 is 0 Å². The smallest absolute Gasteiger partial charge is 0.121 e. The first-order valence-electron chi connectivity index (χ1n) is 28.3. The zero-order valence-electron chi connectivity index (χ0n) is 48.7. The number of pyridine rings is 1. The second-order valence-electron chi connectivity index (χ2n) is 18.2. The summed E-state index contributed by atoms with van der Waals surface area (Å²) in [6.45, 7) is 2.44. The van der Waals surface area contributed by atoms with Gasteiger partial charge in [0, 0.05) is 51.1 Å². The molecule has 343 valence electrons. The van der Waals surface area contributed by atoms with Gasteiger partial charge in [-0.1, -0.05) is 156 Å². The molecule has 0 unspecified atom stereocenters. The molecule has 5 heteroatoms. The van der Waals surface area contributed by atoms with Gasteiger partial charge < -0.3 is 14.0 Å². The van der Waals surface area contributed by atoms with Crippen LogP contribution in [0.4, 0.5) is 0 Å². The van der Waals surface area contributed by atoms with Crippen LogP contribution in [0.3, 0.4) is 0 Å². The van der Waals surface area contributed by atoms with Crippen LogP contribution in [0.25, 0.3) is 83.6 Å². The van der Waals surface area contributed by atoms with Gasteiger partial charge in [-0.05, 0) is 124 Å². The standard InChI is InChI=1S/C50H47N2O.C13H12N.Ir/c1-31(2)42-28-38(34-15-8-6-9-16-34)29-43(32(3)4)48(42)52-46-22-13-12-21-45(46)51-50(52)41-20-14-19-40-39-26-25-37(30-47(39)53-49(40)41)36-24-23-33(5)44(27-36)35-17-10-7-11-18-35;1-10-3-6-12(7-4-10)13-8-5-11(2)9-14-13;/h7,10-14,17-19,21-32,34H,6,8-9,15-16H2,1-5H3;3-6,8-9H,1-2H3;/q2*-1;/i5D3,34D;1D3,2D3;. The number of hydrogen-bond acceptors (Lipinski definition) is 3. The Hall–Kier alpha value is -6.39. The summed E-state index contributed by atoms with van der Waals surface area (Å²) in [6, 6.07) is 52.5. The van der Waals surface area contributed by atoms with Crippen molar-refractivity contribution >= 4 is 33.0 Å². The Morgan fingerprint density at radius 3 is 2.13 bits per heavy atom. The molecule has 0 amide bonds. The molecule has 1 aliphatic rings. The SMILES string of the molecule is [2H]C([2H])([2H])c1c[c-]c(-c2ccc(C([2H])([2H])[2H])cn2)cc1.[2H]C([2H])([2H])c1ccc(-c2ccc3c(c2)oc2c(-c4nc5ccccc5n4-c4c(C(C)C)cc(C5([2H])CCCCC5)cc4C(C)C)[c-]ccc23)cc1-c1ccccc1.[Ir]. The van der Waals surface area contributed by atoms with E-state index < -0.39 is 26.4 Å². The van der Waals surface area contributed by atoms with Crippen molar-refractivity contribution in [2.24, 2.45) is 0 Å². The number of fused-ring (bicyclic) bond motifs is 4. The van der Waals surface area contributed by atoms with Gasteiger partial charge in [-0.3, -0.25) is 4.98 Å². The molecule has 4 nitrogen and oxygen atoms in total. The molecule has 1 fully saturated rings. The third-order valence-corrected chi connectivity index (χ3v) is 13.0. The fourth-order valence-electron chi connectivity index (χ4n) is 9.51. The van der Waals surface area contributed by atoms with Gasteiger partial charge >= 0.3 is 0 Å². The predicted octanol–water partition coefficient (Wildman–Crippen LogP) is 17.5. The molecule has 0 aliphatic heterocycles. The summed E-state index contributed by atoms with van der Waals surface area (Å²) in [5.74, 6) is 0.610. The van der Waals surface area contributed by atoms with E-state index in [9.17, 15) is 1.37 Å². The van der Waals surface area contributed by atoms with Crippen LogP contribution in [0.1, 0.15) is 125 Å².